The van der Waals surface area contributed by atoms with Gasteiger partial charge in [-0.15, -0.1) is 0 Å². The summed E-state index contributed by atoms with van der Waals surface area (Å²) in [5, 5.41) is 6.66. The largest absolute Gasteiger partial charge is 0.497 e. The number of rotatable bonds is 4. The minimum Gasteiger partial charge on any atom is -0.497 e. The molecular formula is C24H17Br3N2O3. The Morgan fingerprint density at radius 2 is 1.75 bits per heavy atom. The van der Waals surface area contributed by atoms with Crippen LogP contribution >= 0.6 is 47.8 Å². The van der Waals surface area contributed by atoms with E-state index < -0.39 is 6.23 Å². The van der Waals surface area contributed by atoms with Gasteiger partial charge in [-0.25, -0.2) is 5.01 Å². The van der Waals surface area contributed by atoms with Crippen LogP contribution in [0, 0.1) is 0 Å². The molecule has 5 nitrogen and oxygen atoms in total. The van der Waals surface area contributed by atoms with Crippen molar-refractivity contribution in [1.82, 2.24) is 5.01 Å². The topological polar surface area (TPSA) is 51.1 Å². The van der Waals surface area contributed by atoms with Gasteiger partial charge in [-0.1, -0.05) is 44.0 Å². The zero-order chi connectivity index (χ0) is 22.4. The Labute approximate surface area is 210 Å². The molecule has 0 aromatic heterocycles. The van der Waals surface area contributed by atoms with Gasteiger partial charge in [-0.3, -0.25) is 4.79 Å². The first-order valence-electron chi connectivity index (χ1n) is 9.90. The number of halogens is 3. The maximum atomic E-state index is 13.5. The summed E-state index contributed by atoms with van der Waals surface area (Å²) in [4.78, 5) is 13.5. The second kappa shape index (κ2) is 8.65. The average Bonchev–Trinajstić information content (AvgIpc) is 3.24. The zero-order valence-corrected chi connectivity index (χ0v) is 21.6. The maximum absolute atomic E-state index is 13.5. The summed E-state index contributed by atoms with van der Waals surface area (Å²) in [7, 11) is 1.60. The smallest absolute Gasteiger partial charge is 0.251 e. The highest BCUT2D eigenvalue weighted by molar-refractivity contribution is 9.11. The van der Waals surface area contributed by atoms with Crippen LogP contribution in [0.5, 0.6) is 11.5 Å². The Bertz CT molecular complexity index is 1230. The fourth-order valence-corrected chi connectivity index (χ4v) is 5.62. The number of ether oxygens (including phenoxy) is 2. The van der Waals surface area contributed by atoms with Gasteiger partial charge in [0.2, 0.25) is 5.78 Å². The van der Waals surface area contributed by atoms with E-state index in [-0.39, 0.29) is 11.8 Å². The molecule has 0 amide bonds. The first-order chi connectivity index (χ1) is 15.4. The predicted octanol–water partition coefficient (Wildman–Crippen LogP) is 6.74. The monoisotopic (exact) mass is 618 g/mol. The number of nitrogens with zero attached hydrogens (tertiary/aromatic N) is 2. The second-order valence-corrected chi connectivity index (χ2v) is 10.2. The number of benzene rings is 3. The fourth-order valence-electron chi connectivity index (χ4n) is 4.00. The maximum Gasteiger partial charge on any atom is 0.251 e. The molecular weight excluding hydrogens is 604 g/mol. The molecule has 0 unspecified atom stereocenters. The van der Waals surface area contributed by atoms with Crippen LogP contribution in [0.4, 0.5) is 0 Å². The molecule has 8 heteroatoms. The van der Waals surface area contributed by atoms with Gasteiger partial charge < -0.3 is 9.47 Å². The highest BCUT2D eigenvalue weighted by atomic mass is 79.9. The summed E-state index contributed by atoms with van der Waals surface area (Å²) in [6.45, 7) is 0. The fraction of sp³-hybridized carbons (Fsp3) is 0.167. The van der Waals surface area contributed by atoms with Gasteiger partial charge in [-0.2, -0.15) is 5.10 Å². The molecule has 2 atom stereocenters. The third kappa shape index (κ3) is 3.89. The van der Waals surface area contributed by atoms with Gasteiger partial charge in [0.1, 0.15) is 11.5 Å². The lowest BCUT2D eigenvalue weighted by Gasteiger charge is -2.37. The molecule has 0 aliphatic carbocycles. The highest BCUT2D eigenvalue weighted by Crippen LogP contribution is 2.47. The minimum absolute atomic E-state index is 0.113. The Hall–Kier alpha value is -2.16. The quantitative estimate of drug-likeness (QED) is 0.303. The summed E-state index contributed by atoms with van der Waals surface area (Å²) in [5.74, 6) is 1.21. The summed E-state index contributed by atoms with van der Waals surface area (Å²) >= 11 is 10.7. The molecule has 5 rings (SSSR count). The van der Waals surface area contributed by atoms with Crippen LogP contribution < -0.4 is 9.47 Å². The Morgan fingerprint density at radius 1 is 1.03 bits per heavy atom. The van der Waals surface area contributed by atoms with Crippen LogP contribution in [-0.4, -0.2) is 29.8 Å². The van der Waals surface area contributed by atoms with E-state index >= 15 is 0 Å². The van der Waals surface area contributed by atoms with E-state index in [9.17, 15) is 4.79 Å². The van der Waals surface area contributed by atoms with Crippen LogP contribution in [-0.2, 0) is 0 Å². The SMILES string of the molecule is COc1ccc(C(=O)[C@@H]2Oc3c(Br)cc(Br)cc3[C@H]3CC(c4ccc(Br)cc4)=NN32)cc1. The molecule has 2 aliphatic heterocycles. The van der Waals surface area contributed by atoms with Crippen LogP contribution in [0.2, 0.25) is 0 Å². The van der Waals surface area contributed by atoms with Crippen LogP contribution in [0.25, 0.3) is 0 Å². The summed E-state index contributed by atoms with van der Waals surface area (Å²) in [5.41, 5.74) is 3.47. The number of carbonyl (C=O) groups is 1. The van der Waals surface area contributed by atoms with Crippen LogP contribution in [0.3, 0.4) is 0 Å². The second-order valence-electron chi connectivity index (χ2n) is 7.52. The third-order valence-electron chi connectivity index (χ3n) is 5.58. The van der Waals surface area contributed by atoms with Crippen molar-refractivity contribution in [3.63, 3.8) is 0 Å². The van der Waals surface area contributed by atoms with E-state index in [0.29, 0.717) is 23.5 Å². The number of methoxy groups -OCH3 is 1. The van der Waals surface area contributed by atoms with Crippen molar-refractivity contribution in [2.24, 2.45) is 5.10 Å². The van der Waals surface area contributed by atoms with Gasteiger partial charge in [0.15, 0.2) is 0 Å². The number of ketones is 1. The molecule has 0 saturated carbocycles. The first kappa shape index (κ1) is 21.7. The van der Waals surface area contributed by atoms with E-state index in [0.717, 1.165) is 30.3 Å². The third-order valence-corrected chi connectivity index (χ3v) is 7.16. The molecule has 0 spiro atoms. The minimum atomic E-state index is -0.869. The van der Waals surface area contributed by atoms with E-state index in [1.165, 1.54) is 0 Å². The number of hydrazone groups is 1. The highest BCUT2D eigenvalue weighted by Gasteiger charge is 2.44. The zero-order valence-electron chi connectivity index (χ0n) is 16.9. The van der Waals surface area contributed by atoms with Gasteiger partial charge >= 0.3 is 0 Å². The average molecular weight is 621 g/mol. The lowest BCUT2D eigenvalue weighted by molar-refractivity contribution is -0.00509. The van der Waals surface area contributed by atoms with E-state index in [1.54, 1.807) is 36.4 Å². The van der Waals surface area contributed by atoms with E-state index in [2.05, 4.69) is 47.8 Å². The van der Waals surface area contributed by atoms with Crippen molar-refractivity contribution in [2.45, 2.75) is 18.7 Å². The molecule has 162 valence electrons. The molecule has 0 saturated heterocycles. The molecule has 2 heterocycles. The van der Waals surface area contributed by atoms with E-state index in [4.69, 9.17) is 14.6 Å². The summed E-state index contributed by atoms with van der Waals surface area (Å²) < 4.78 is 14.2. The van der Waals surface area contributed by atoms with Crippen molar-refractivity contribution >= 4 is 59.3 Å². The number of hydrogen-bond acceptors (Lipinski definition) is 5. The van der Waals surface area contributed by atoms with Crippen molar-refractivity contribution < 1.29 is 14.3 Å². The summed E-state index contributed by atoms with van der Waals surface area (Å²) in [6.07, 6.45) is -0.195. The van der Waals surface area contributed by atoms with Crippen molar-refractivity contribution in [2.75, 3.05) is 7.11 Å². The number of fused-ring (bicyclic) bond motifs is 3. The van der Waals surface area contributed by atoms with Gasteiger partial charge in [-0.05, 0) is 70.0 Å². The molecule has 3 aromatic rings. The first-order valence-corrected chi connectivity index (χ1v) is 12.3. The molecule has 0 radical (unpaired) electrons. The number of Topliss-reactive ketones (excluding diaryl/α,β-unsaturated/α-hetero) is 1. The molecule has 2 aliphatic rings. The van der Waals surface area contributed by atoms with Crippen LogP contribution in [0.15, 0.2) is 79.2 Å². The Balaban J connectivity index is 1.57. The lowest BCUT2D eigenvalue weighted by atomic mass is 9.96. The molecule has 3 aromatic carbocycles. The Kier molecular flexibility index (Phi) is 5.86. The molecule has 0 bridgehead atoms. The summed E-state index contributed by atoms with van der Waals surface area (Å²) in [6, 6.07) is 18.9. The standard InChI is InChI=1S/C24H17Br3N2O3/c1-31-17-8-4-14(5-9-17)22(30)24-29-21(18-10-16(26)11-19(27)23(18)32-24)12-20(28-29)13-2-6-15(25)7-3-13/h2-11,21,24H,12H2,1H3/t21-,24+/m1/s1. The number of carbonyl (C=O) groups excluding carboxylic acids is 1. The normalized spacial score (nSPS) is 19.0. The van der Waals surface area contributed by atoms with Gasteiger partial charge in [0, 0.05) is 26.5 Å². The Morgan fingerprint density at radius 3 is 2.44 bits per heavy atom. The van der Waals surface area contributed by atoms with E-state index in [1.807, 2.05) is 36.4 Å². The van der Waals surface area contributed by atoms with Crippen molar-refractivity contribution in [1.29, 1.82) is 0 Å². The molecule has 32 heavy (non-hydrogen) atoms. The van der Waals surface area contributed by atoms with Crippen molar-refractivity contribution in [3.05, 3.63) is 90.8 Å². The molecule has 0 N–H and O–H groups in total. The van der Waals surface area contributed by atoms with Gasteiger partial charge in [0.05, 0.1) is 23.3 Å². The van der Waals surface area contributed by atoms with Crippen LogP contribution in [0.1, 0.15) is 33.9 Å². The molecule has 0 fully saturated rings. The number of hydrogen-bond donors (Lipinski definition) is 0. The lowest BCUT2D eigenvalue weighted by Crippen LogP contribution is -2.46. The van der Waals surface area contributed by atoms with Crippen molar-refractivity contribution in [3.8, 4) is 11.5 Å². The van der Waals surface area contributed by atoms with Gasteiger partial charge in [0.25, 0.3) is 6.23 Å². The predicted molar refractivity (Wildman–Crippen MR) is 133 cm³/mol.